The largest absolute Gasteiger partial charge is 0.376 e. The minimum atomic E-state index is -0.426. The van der Waals surface area contributed by atoms with Crippen molar-refractivity contribution in [3.8, 4) is 0 Å². The first-order chi connectivity index (χ1) is 10.7. The van der Waals surface area contributed by atoms with Crippen LogP contribution in [-0.4, -0.2) is 59.7 Å². The molecule has 1 aromatic rings. The maximum Gasteiger partial charge on any atom is 0.225 e. The SMILES string of the molecule is O=C1CCCN1C[C@H]1CO[C@@H]2CN(c3ncc(F)cn3)C[C@H]12. The molecule has 22 heavy (non-hydrogen) atoms. The van der Waals surface area contributed by atoms with Crippen molar-refractivity contribution in [3.63, 3.8) is 0 Å². The summed E-state index contributed by atoms with van der Waals surface area (Å²) in [6, 6.07) is 0. The number of ether oxygens (including phenoxy) is 1. The second-order valence-corrected chi connectivity index (χ2v) is 6.35. The van der Waals surface area contributed by atoms with Crippen molar-refractivity contribution in [2.45, 2.75) is 18.9 Å². The lowest BCUT2D eigenvalue weighted by Gasteiger charge is -2.24. The third-order valence-electron chi connectivity index (χ3n) is 4.95. The minimum absolute atomic E-state index is 0.163. The van der Waals surface area contributed by atoms with Gasteiger partial charge in [0.15, 0.2) is 5.82 Å². The smallest absolute Gasteiger partial charge is 0.225 e. The number of likely N-dealkylation sites (tertiary alicyclic amines) is 1. The first-order valence-corrected chi connectivity index (χ1v) is 7.82. The van der Waals surface area contributed by atoms with E-state index in [0.717, 1.165) is 39.2 Å². The third kappa shape index (κ3) is 2.43. The minimum Gasteiger partial charge on any atom is -0.376 e. The van der Waals surface area contributed by atoms with Crippen LogP contribution in [0.5, 0.6) is 0 Å². The van der Waals surface area contributed by atoms with E-state index in [9.17, 15) is 9.18 Å². The van der Waals surface area contributed by atoms with E-state index in [-0.39, 0.29) is 12.0 Å². The number of fused-ring (bicyclic) bond motifs is 1. The molecule has 3 atom stereocenters. The van der Waals surface area contributed by atoms with Gasteiger partial charge in [0, 0.05) is 44.4 Å². The fourth-order valence-electron chi connectivity index (χ4n) is 3.80. The summed E-state index contributed by atoms with van der Waals surface area (Å²) in [7, 11) is 0. The highest BCUT2D eigenvalue weighted by atomic mass is 19.1. The van der Waals surface area contributed by atoms with Crippen molar-refractivity contribution in [3.05, 3.63) is 18.2 Å². The Morgan fingerprint density at radius 3 is 2.86 bits per heavy atom. The van der Waals surface area contributed by atoms with Crippen molar-refractivity contribution in [2.24, 2.45) is 11.8 Å². The van der Waals surface area contributed by atoms with Gasteiger partial charge in [0.25, 0.3) is 0 Å². The molecule has 0 unspecified atom stereocenters. The fraction of sp³-hybridized carbons (Fsp3) is 0.667. The van der Waals surface area contributed by atoms with Crippen molar-refractivity contribution >= 4 is 11.9 Å². The number of aromatic nitrogens is 2. The fourth-order valence-corrected chi connectivity index (χ4v) is 3.80. The molecule has 0 aliphatic carbocycles. The molecule has 7 heteroatoms. The Hall–Kier alpha value is -1.76. The van der Waals surface area contributed by atoms with Crippen LogP contribution in [0.3, 0.4) is 0 Å². The molecule has 0 saturated carbocycles. The summed E-state index contributed by atoms with van der Waals surface area (Å²) in [4.78, 5) is 23.9. The zero-order valence-corrected chi connectivity index (χ0v) is 12.3. The highest BCUT2D eigenvalue weighted by molar-refractivity contribution is 5.78. The van der Waals surface area contributed by atoms with Gasteiger partial charge < -0.3 is 14.5 Å². The van der Waals surface area contributed by atoms with Gasteiger partial charge in [-0.05, 0) is 6.42 Å². The number of halogens is 1. The quantitative estimate of drug-likeness (QED) is 0.822. The summed E-state index contributed by atoms with van der Waals surface area (Å²) in [5.74, 6) is 1.15. The molecule has 6 nitrogen and oxygen atoms in total. The average molecular weight is 306 g/mol. The normalized spacial score (nSPS) is 31.1. The second-order valence-electron chi connectivity index (χ2n) is 6.35. The van der Waals surface area contributed by atoms with Crippen LogP contribution >= 0.6 is 0 Å². The Balaban J connectivity index is 1.42. The summed E-state index contributed by atoms with van der Waals surface area (Å²) >= 11 is 0. The summed E-state index contributed by atoms with van der Waals surface area (Å²) in [6.07, 6.45) is 4.19. The van der Waals surface area contributed by atoms with Crippen molar-refractivity contribution in [1.82, 2.24) is 14.9 Å². The number of nitrogens with zero attached hydrogens (tertiary/aromatic N) is 4. The number of carbonyl (C=O) groups is 1. The molecule has 4 rings (SSSR count). The van der Waals surface area contributed by atoms with Gasteiger partial charge >= 0.3 is 0 Å². The van der Waals surface area contributed by atoms with Crippen molar-refractivity contribution in [2.75, 3.05) is 37.7 Å². The zero-order valence-electron chi connectivity index (χ0n) is 12.3. The van der Waals surface area contributed by atoms with Crippen LogP contribution in [0.1, 0.15) is 12.8 Å². The number of anilines is 1. The summed E-state index contributed by atoms with van der Waals surface area (Å²) in [5, 5.41) is 0. The van der Waals surface area contributed by atoms with E-state index in [1.165, 1.54) is 12.4 Å². The molecule has 1 aromatic heterocycles. The van der Waals surface area contributed by atoms with Crippen LogP contribution in [0.4, 0.5) is 10.3 Å². The zero-order chi connectivity index (χ0) is 15.1. The van der Waals surface area contributed by atoms with Crippen LogP contribution in [0.25, 0.3) is 0 Å². The van der Waals surface area contributed by atoms with E-state index in [4.69, 9.17) is 4.74 Å². The molecular formula is C15H19FN4O2. The molecule has 0 aromatic carbocycles. The molecule has 0 bridgehead atoms. The Labute approximate surface area is 128 Å². The van der Waals surface area contributed by atoms with Gasteiger partial charge in [0.1, 0.15) is 0 Å². The highest BCUT2D eigenvalue weighted by Crippen LogP contribution is 2.35. The predicted molar refractivity (Wildman–Crippen MR) is 76.7 cm³/mol. The lowest BCUT2D eigenvalue weighted by molar-refractivity contribution is -0.128. The van der Waals surface area contributed by atoms with Gasteiger partial charge in [0.05, 0.1) is 25.1 Å². The van der Waals surface area contributed by atoms with E-state index >= 15 is 0 Å². The van der Waals surface area contributed by atoms with Crippen LogP contribution < -0.4 is 4.90 Å². The molecule has 4 heterocycles. The molecule has 0 N–H and O–H groups in total. The van der Waals surface area contributed by atoms with Crippen LogP contribution in [0.15, 0.2) is 12.4 Å². The van der Waals surface area contributed by atoms with Crippen molar-refractivity contribution in [1.29, 1.82) is 0 Å². The number of carbonyl (C=O) groups excluding carboxylic acids is 1. The third-order valence-corrected chi connectivity index (χ3v) is 4.95. The molecule has 3 fully saturated rings. The van der Waals surface area contributed by atoms with Gasteiger partial charge in [-0.1, -0.05) is 0 Å². The number of amides is 1. The molecule has 1 amide bonds. The van der Waals surface area contributed by atoms with E-state index in [0.29, 0.717) is 24.2 Å². The molecule has 3 aliphatic heterocycles. The maximum absolute atomic E-state index is 12.9. The Morgan fingerprint density at radius 1 is 1.32 bits per heavy atom. The number of hydrogen-bond acceptors (Lipinski definition) is 5. The number of rotatable bonds is 3. The van der Waals surface area contributed by atoms with Gasteiger partial charge in [-0.2, -0.15) is 0 Å². The van der Waals surface area contributed by atoms with E-state index in [1.54, 1.807) is 0 Å². The van der Waals surface area contributed by atoms with Crippen LogP contribution in [-0.2, 0) is 9.53 Å². The molecule has 3 saturated heterocycles. The van der Waals surface area contributed by atoms with Gasteiger partial charge in [-0.25, -0.2) is 14.4 Å². The van der Waals surface area contributed by atoms with Crippen molar-refractivity contribution < 1.29 is 13.9 Å². The lowest BCUT2D eigenvalue weighted by Crippen LogP contribution is -2.35. The summed E-state index contributed by atoms with van der Waals surface area (Å²) in [5.41, 5.74) is 0. The van der Waals surface area contributed by atoms with Crippen LogP contribution in [0.2, 0.25) is 0 Å². The van der Waals surface area contributed by atoms with Gasteiger partial charge in [-0.3, -0.25) is 4.79 Å². The van der Waals surface area contributed by atoms with E-state index in [2.05, 4.69) is 9.97 Å². The van der Waals surface area contributed by atoms with Gasteiger partial charge in [-0.15, -0.1) is 0 Å². The molecular weight excluding hydrogens is 287 g/mol. The van der Waals surface area contributed by atoms with Crippen LogP contribution in [0, 0.1) is 17.7 Å². The Bertz CT molecular complexity index is 567. The van der Waals surface area contributed by atoms with E-state index < -0.39 is 5.82 Å². The highest BCUT2D eigenvalue weighted by Gasteiger charge is 2.45. The van der Waals surface area contributed by atoms with Gasteiger partial charge in [0.2, 0.25) is 11.9 Å². The Kier molecular flexibility index (Phi) is 3.44. The molecule has 0 spiro atoms. The first kappa shape index (κ1) is 13.9. The maximum atomic E-state index is 12.9. The standard InChI is InChI=1S/C15H19FN4O2/c16-11-4-17-15(18-5-11)20-7-12-10(9-22-13(12)8-20)6-19-3-1-2-14(19)21/h4-5,10,12-13H,1-3,6-9H2/t10-,12+,13+/m0/s1. The second kappa shape index (κ2) is 5.46. The monoisotopic (exact) mass is 306 g/mol. The topological polar surface area (TPSA) is 58.6 Å². The Morgan fingerprint density at radius 2 is 2.14 bits per heavy atom. The summed E-state index contributed by atoms with van der Waals surface area (Å²) < 4.78 is 18.8. The number of hydrogen-bond donors (Lipinski definition) is 0. The first-order valence-electron chi connectivity index (χ1n) is 7.82. The van der Waals surface area contributed by atoms with E-state index in [1.807, 2.05) is 9.80 Å². The average Bonchev–Trinajstić information content (AvgIpc) is 3.18. The lowest BCUT2D eigenvalue weighted by atomic mass is 9.93. The summed E-state index contributed by atoms with van der Waals surface area (Å²) in [6.45, 7) is 3.93. The molecule has 0 radical (unpaired) electrons. The molecule has 118 valence electrons. The molecule has 3 aliphatic rings. The predicted octanol–water partition coefficient (Wildman–Crippen LogP) is 0.689.